The summed E-state index contributed by atoms with van der Waals surface area (Å²) in [4.78, 5) is 11.7. The Hall–Kier alpha value is -1.83. The quantitative estimate of drug-likeness (QED) is 0.214. The van der Waals surface area contributed by atoms with Crippen molar-refractivity contribution in [2.45, 2.75) is 19.6 Å². The van der Waals surface area contributed by atoms with Crippen LogP contribution in [0.3, 0.4) is 0 Å². The molecule has 0 aliphatic carbocycles. The minimum absolute atomic E-state index is 0.312. The van der Waals surface area contributed by atoms with Crippen LogP contribution in [0.5, 0.6) is 5.75 Å². The van der Waals surface area contributed by atoms with Gasteiger partial charge in [-0.1, -0.05) is 13.0 Å². The Morgan fingerprint density at radius 1 is 1.52 bits per heavy atom. The average Bonchev–Trinajstić information content (AvgIpc) is 2.51. The number of hydrogen-bond acceptors (Lipinski definition) is 6. The Morgan fingerprint density at radius 2 is 2.29 bits per heavy atom. The van der Waals surface area contributed by atoms with Gasteiger partial charge in [-0.15, -0.1) is 0 Å². The van der Waals surface area contributed by atoms with Gasteiger partial charge in [-0.2, -0.15) is 0 Å². The van der Waals surface area contributed by atoms with Crippen LogP contribution in [-0.2, 0) is 15.9 Å². The normalized spacial score (nSPS) is 12.2. The summed E-state index contributed by atoms with van der Waals surface area (Å²) in [5.41, 5.74) is 1.81. The molecule has 0 amide bonds. The van der Waals surface area contributed by atoms with E-state index in [2.05, 4.69) is 10.5 Å². The van der Waals surface area contributed by atoms with Gasteiger partial charge >= 0.3 is 13.6 Å². The lowest BCUT2D eigenvalue weighted by atomic mass is 10.1. The summed E-state index contributed by atoms with van der Waals surface area (Å²) < 4.78 is 10.2. The first-order chi connectivity index (χ1) is 10.1. The number of rotatable bonds is 8. The summed E-state index contributed by atoms with van der Waals surface area (Å²) in [5.74, 6) is -0.146. The van der Waals surface area contributed by atoms with E-state index in [1.165, 1.54) is 12.2 Å². The van der Waals surface area contributed by atoms with Crippen LogP contribution in [0, 0.1) is 0 Å². The van der Waals surface area contributed by atoms with Crippen molar-refractivity contribution in [2.24, 2.45) is 0 Å². The lowest BCUT2D eigenvalue weighted by Gasteiger charge is -2.12. The minimum atomic E-state index is -0.883. The molecule has 3 N–H and O–H groups in total. The van der Waals surface area contributed by atoms with E-state index in [9.17, 15) is 9.90 Å². The van der Waals surface area contributed by atoms with Crippen LogP contribution in [-0.4, -0.2) is 39.1 Å². The van der Waals surface area contributed by atoms with Gasteiger partial charge < -0.3 is 19.7 Å². The molecule has 1 atom stereocenters. The number of esters is 1. The molecule has 0 saturated carbocycles. The largest absolute Gasteiger partial charge is 0.422 e. The third-order valence-electron chi connectivity index (χ3n) is 2.78. The van der Waals surface area contributed by atoms with Gasteiger partial charge in [-0.05, 0) is 37.2 Å². The van der Waals surface area contributed by atoms with Crippen LogP contribution in [0.15, 0.2) is 30.4 Å². The highest BCUT2D eigenvalue weighted by atomic mass is 16.5. The molecular formula is C14H21BN2O4. The maximum atomic E-state index is 11.7. The van der Waals surface area contributed by atoms with Gasteiger partial charge in [-0.3, -0.25) is 5.32 Å². The molecule has 0 aliphatic heterocycles. The molecular weight excluding hydrogens is 271 g/mol. The topological polar surface area (TPSA) is 79.8 Å². The van der Waals surface area contributed by atoms with Crippen molar-refractivity contribution in [3.05, 3.63) is 35.9 Å². The second kappa shape index (κ2) is 9.17. The Kier molecular flexibility index (Phi) is 7.53. The molecule has 21 heavy (non-hydrogen) atoms. The molecule has 0 radical (unpaired) electrons. The van der Waals surface area contributed by atoms with Crippen LogP contribution in [0.4, 0.5) is 5.69 Å². The number of aryl methyl sites for hydroxylation is 1. The Labute approximate surface area is 125 Å². The molecule has 7 heteroatoms. The number of aliphatic hydroxyl groups is 1. The van der Waals surface area contributed by atoms with Gasteiger partial charge in [0, 0.05) is 13.2 Å². The second-order valence-electron chi connectivity index (χ2n) is 4.31. The molecule has 0 bridgehead atoms. The molecule has 0 fully saturated rings. The van der Waals surface area contributed by atoms with E-state index in [-0.39, 0.29) is 0 Å². The molecule has 6 nitrogen and oxygen atoms in total. The minimum Gasteiger partial charge on any atom is -0.422 e. The number of ether oxygens (including phenoxy) is 1. The second-order valence-corrected chi connectivity index (χ2v) is 4.31. The van der Waals surface area contributed by atoms with Crippen LogP contribution >= 0.6 is 0 Å². The summed E-state index contributed by atoms with van der Waals surface area (Å²) >= 11 is 0. The monoisotopic (exact) mass is 292 g/mol. The Balaban J connectivity index is 2.81. The van der Waals surface area contributed by atoms with Crippen LogP contribution in [0.2, 0.25) is 0 Å². The zero-order valence-electron chi connectivity index (χ0n) is 12.6. The lowest BCUT2D eigenvalue weighted by molar-refractivity contribution is -0.129. The summed E-state index contributed by atoms with van der Waals surface area (Å²) in [7, 11) is 3.47. The highest BCUT2D eigenvalue weighted by molar-refractivity contribution is 6.32. The third kappa shape index (κ3) is 5.99. The summed E-state index contributed by atoms with van der Waals surface area (Å²) in [5, 5.41) is 14.9. The molecule has 1 aromatic carbocycles. The first-order valence-corrected chi connectivity index (χ1v) is 6.71. The fourth-order valence-corrected chi connectivity index (χ4v) is 1.58. The van der Waals surface area contributed by atoms with Gasteiger partial charge in [-0.25, -0.2) is 4.79 Å². The molecule has 0 saturated heterocycles. The fraction of sp³-hybridized carbons (Fsp3) is 0.357. The average molecular weight is 292 g/mol. The first-order valence-electron chi connectivity index (χ1n) is 6.71. The summed E-state index contributed by atoms with van der Waals surface area (Å²) in [6.45, 7) is 2.04. The van der Waals surface area contributed by atoms with Crippen LogP contribution in [0.25, 0.3) is 0 Å². The molecule has 114 valence electrons. The molecule has 1 aromatic rings. The predicted molar refractivity (Wildman–Crippen MR) is 83.4 cm³/mol. The number of anilines is 1. The molecule has 0 aliphatic rings. The van der Waals surface area contributed by atoms with E-state index < -0.39 is 12.2 Å². The summed E-state index contributed by atoms with van der Waals surface area (Å²) in [6.07, 6.45) is 2.48. The predicted octanol–water partition coefficient (Wildman–Crippen LogP) is 0.573. The van der Waals surface area contributed by atoms with Gasteiger partial charge in [0.15, 0.2) is 5.75 Å². The van der Waals surface area contributed by atoms with Crippen LogP contribution < -0.4 is 15.3 Å². The van der Waals surface area contributed by atoms with E-state index in [4.69, 9.17) is 9.39 Å². The van der Waals surface area contributed by atoms with Crippen molar-refractivity contribution in [1.29, 1.82) is 0 Å². The Morgan fingerprint density at radius 3 is 2.90 bits per heavy atom. The molecule has 0 aromatic heterocycles. The SMILES string of the molecule is CCc1ccc(OC(=O)/C=C/C(O)NC)c(NBOC)c1. The Bertz CT molecular complexity index is 494. The number of benzene rings is 1. The molecule has 0 heterocycles. The smallest absolute Gasteiger partial charge is 0.394 e. The van der Waals surface area contributed by atoms with Crippen LogP contribution in [0.1, 0.15) is 12.5 Å². The van der Waals surface area contributed by atoms with E-state index in [0.29, 0.717) is 19.1 Å². The fourth-order valence-electron chi connectivity index (χ4n) is 1.58. The number of nitrogens with one attached hydrogen (secondary N) is 2. The standard InChI is InChI=1S/C14H21BN2O4/c1-4-10-5-6-12(11(9-10)17-15-20-3)21-14(19)8-7-13(18)16-2/h5-9,13,15-18H,4H2,1-3H3/b8-7+. The first kappa shape index (κ1) is 17.2. The van der Waals surface area contributed by atoms with Gasteiger partial charge in [0.25, 0.3) is 0 Å². The highest BCUT2D eigenvalue weighted by Crippen LogP contribution is 2.26. The molecule has 0 spiro atoms. The zero-order valence-corrected chi connectivity index (χ0v) is 12.6. The zero-order chi connectivity index (χ0) is 15.7. The highest BCUT2D eigenvalue weighted by Gasteiger charge is 2.09. The molecule has 1 rings (SSSR count). The van der Waals surface area contributed by atoms with E-state index in [1.807, 2.05) is 19.1 Å². The number of aliphatic hydroxyl groups excluding tert-OH is 1. The maximum absolute atomic E-state index is 11.7. The van der Waals surface area contributed by atoms with Crippen molar-refractivity contribution < 1.29 is 19.3 Å². The molecule has 1 unspecified atom stereocenters. The number of carbonyl (C=O) groups excluding carboxylic acids is 1. The van der Waals surface area contributed by atoms with Gasteiger partial charge in [0.05, 0.1) is 5.69 Å². The van der Waals surface area contributed by atoms with Crippen molar-refractivity contribution in [2.75, 3.05) is 19.4 Å². The van der Waals surface area contributed by atoms with Crippen molar-refractivity contribution in [3.8, 4) is 5.75 Å². The van der Waals surface area contributed by atoms with Crippen molar-refractivity contribution in [3.63, 3.8) is 0 Å². The van der Waals surface area contributed by atoms with Gasteiger partial charge in [0.2, 0.25) is 0 Å². The van der Waals surface area contributed by atoms with E-state index in [0.717, 1.165) is 12.0 Å². The maximum Gasteiger partial charge on any atom is 0.394 e. The van der Waals surface area contributed by atoms with E-state index >= 15 is 0 Å². The number of likely N-dealkylation sites (N-methyl/N-ethyl adjacent to an activating group) is 1. The van der Waals surface area contributed by atoms with Gasteiger partial charge in [0.1, 0.15) is 6.23 Å². The lowest BCUT2D eigenvalue weighted by Crippen LogP contribution is -2.22. The summed E-state index contributed by atoms with van der Waals surface area (Å²) in [6, 6.07) is 5.54. The van der Waals surface area contributed by atoms with E-state index in [1.54, 1.807) is 20.2 Å². The number of carbonyl (C=O) groups is 1. The number of hydrogen-bond donors (Lipinski definition) is 3. The van der Waals surface area contributed by atoms with Crippen molar-refractivity contribution >= 4 is 19.3 Å². The third-order valence-corrected chi connectivity index (χ3v) is 2.78. The van der Waals surface area contributed by atoms with Crippen molar-refractivity contribution in [1.82, 2.24) is 5.32 Å².